The lowest BCUT2D eigenvalue weighted by Crippen LogP contribution is -2.04. The molecule has 4 aromatic rings. The van der Waals surface area contributed by atoms with Crippen LogP contribution in [0, 0.1) is 13.8 Å². The zero-order chi connectivity index (χ0) is 21.3. The number of hydrogen-bond acceptors (Lipinski definition) is 7. The van der Waals surface area contributed by atoms with Gasteiger partial charge in [-0.1, -0.05) is 35.1 Å². The SMILES string of the molecule is Cc1ccc(-n2nnnc2SCc2nc(-c3cccc(C(F)(F)F)c3)no2)cc1C. The molecule has 2 aromatic heterocycles. The second kappa shape index (κ2) is 7.90. The highest BCUT2D eigenvalue weighted by atomic mass is 32.2. The summed E-state index contributed by atoms with van der Waals surface area (Å²) in [6, 6.07) is 10.7. The van der Waals surface area contributed by atoms with Crippen LogP contribution in [0.3, 0.4) is 0 Å². The van der Waals surface area contributed by atoms with Gasteiger partial charge in [-0.3, -0.25) is 0 Å². The van der Waals surface area contributed by atoms with Gasteiger partial charge in [0.15, 0.2) is 0 Å². The van der Waals surface area contributed by atoms with E-state index in [2.05, 4.69) is 25.7 Å². The number of aromatic nitrogens is 6. The average molecular weight is 432 g/mol. The Bertz CT molecular complexity index is 1190. The van der Waals surface area contributed by atoms with E-state index in [1.54, 1.807) is 4.68 Å². The topological polar surface area (TPSA) is 82.5 Å². The van der Waals surface area contributed by atoms with Gasteiger partial charge in [-0.15, -0.1) is 5.10 Å². The molecule has 0 atom stereocenters. The minimum Gasteiger partial charge on any atom is -0.338 e. The highest BCUT2D eigenvalue weighted by Gasteiger charge is 2.30. The zero-order valence-electron chi connectivity index (χ0n) is 15.9. The Morgan fingerprint density at radius 1 is 1.07 bits per heavy atom. The summed E-state index contributed by atoms with van der Waals surface area (Å²) >= 11 is 1.28. The van der Waals surface area contributed by atoms with Crippen LogP contribution in [-0.2, 0) is 11.9 Å². The van der Waals surface area contributed by atoms with Crippen molar-refractivity contribution >= 4 is 11.8 Å². The predicted molar refractivity (Wildman–Crippen MR) is 103 cm³/mol. The van der Waals surface area contributed by atoms with Crippen molar-refractivity contribution in [3.8, 4) is 17.1 Å². The van der Waals surface area contributed by atoms with Gasteiger partial charge in [0.25, 0.3) is 0 Å². The molecule has 0 fully saturated rings. The largest absolute Gasteiger partial charge is 0.416 e. The molecule has 0 aliphatic rings. The lowest BCUT2D eigenvalue weighted by atomic mass is 10.1. The average Bonchev–Trinajstić information content (AvgIpc) is 3.37. The van der Waals surface area contributed by atoms with Crippen LogP contribution in [0.4, 0.5) is 13.2 Å². The summed E-state index contributed by atoms with van der Waals surface area (Å²) in [4.78, 5) is 4.19. The molecule has 0 unspecified atom stereocenters. The first-order chi connectivity index (χ1) is 14.3. The van der Waals surface area contributed by atoms with E-state index in [9.17, 15) is 13.2 Å². The van der Waals surface area contributed by atoms with Crippen LogP contribution in [-0.4, -0.2) is 30.3 Å². The second-order valence-electron chi connectivity index (χ2n) is 6.52. The minimum absolute atomic E-state index is 0.0884. The number of halogens is 3. The van der Waals surface area contributed by atoms with Gasteiger partial charge in [0.1, 0.15) is 0 Å². The summed E-state index contributed by atoms with van der Waals surface area (Å²) in [5.74, 6) is 0.601. The molecule has 2 aromatic carbocycles. The molecule has 30 heavy (non-hydrogen) atoms. The van der Waals surface area contributed by atoms with Crippen molar-refractivity contribution in [2.45, 2.75) is 30.9 Å². The molecule has 4 rings (SSSR count). The number of benzene rings is 2. The van der Waals surface area contributed by atoms with Crippen molar-refractivity contribution in [2.75, 3.05) is 0 Å². The van der Waals surface area contributed by atoms with Crippen LogP contribution < -0.4 is 0 Å². The summed E-state index contributed by atoms with van der Waals surface area (Å²) in [6.45, 7) is 4.02. The molecule has 0 N–H and O–H groups in total. The summed E-state index contributed by atoms with van der Waals surface area (Å²) in [5.41, 5.74) is 2.55. The Morgan fingerprint density at radius 2 is 1.90 bits per heavy atom. The Kier molecular flexibility index (Phi) is 5.29. The van der Waals surface area contributed by atoms with Crippen LogP contribution in [0.1, 0.15) is 22.6 Å². The number of hydrogen-bond donors (Lipinski definition) is 0. The highest BCUT2D eigenvalue weighted by molar-refractivity contribution is 7.98. The van der Waals surface area contributed by atoms with Crippen LogP contribution >= 0.6 is 11.8 Å². The molecule has 0 saturated carbocycles. The number of thioether (sulfide) groups is 1. The van der Waals surface area contributed by atoms with E-state index in [1.165, 1.54) is 23.9 Å². The van der Waals surface area contributed by atoms with Crippen LogP contribution in [0.15, 0.2) is 52.1 Å². The minimum atomic E-state index is -4.44. The Hall–Kier alpha value is -3.21. The van der Waals surface area contributed by atoms with Crippen molar-refractivity contribution in [1.82, 2.24) is 30.3 Å². The van der Waals surface area contributed by atoms with Gasteiger partial charge in [0, 0.05) is 5.56 Å². The van der Waals surface area contributed by atoms with Crippen molar-refractivity contribution in [3.05, 3.63) is 65.0 Å². The van der Waals surface area contributed by atoms with Crippen molar-refractivity contribution in [3.63, 3.8) is 0 Å². The van der Waals surface area contributed by atoms with Crippen LogP contribution in [0.25, 0.3) is 17.1 Å². The van der Waals surface area contributed by atoms with E-state index in [0.29, 0.717) is 5.16 Å². The molecule has 0 amide bonds. The number of tetrazole rings is 1. The van der Waals surface area contributed by atoms with Crippen molar-refractivity contribution in [1.29, 1.82) is 0 Å². The molecule has 7 nitrogen and oxygen atoms in total. The van der Waals surface area contributed by atoms with Gasteiger partial charge in [-0.05, 0) is 59.7 Å². The van der Waals surface area contributed by atoms with E-state index in [-0.39, 0.29) is 23.0 Å². The van der Waals surface area contributed by atoms with Crippen molar-refractivity contribution < 1.29 is 17.7 Å². The molecule has 0 radical (unpaired) electrons. The third kappa shape index (κ3) is 4.20. The number of nitrogens with zero attached hydrogens (tertiary/aromatic N) is 6. The molecule has 2 heterocycles. The van der Waals surface area contributed by atoms with E-state index >= 15 is 0 Å². The predicted octanol–water partition coefficient (Wildman–Crippen LogP) is 4.64. The fraction of sp³-hybridized carbons (Fsp3) is 0.211. The van der Waals surface area contributed by atoms with Crippen LogP contribution in [0.2, 0.25) is 0 Å². The van der Waals surface area contributed by atoms with E-state index in [4.69, 9.17) is 4.52 Å². The van der Waals surface area contributed by atoms with Gasteiger partial charge in [-0.25, -0.2) is 0 Å². The van der Waals surface area contributed by atoms with Crippen molar-refractivity contribution in [2.24, 2.45) is 0 Å². The van der Waals surface area contributed by atoms with Crippen LogP contribution in [0.5, 0.6) is 0 Å². The molecule has 0 aliphatic carbocycles. The smallest absolute Gasteiger partial charge is 0.338 e. The zero-order valence-corrected chi connectivity index (χ0v) is 16.7. The summed E-state index contributed by atoms with van der Waals surface area (Å²) < 4.78 is 45.5. The first kappa shape index (κ1) is 20.1. The third-order valence-corrected chi connectivity index (χ3v) is 5.32. The molecule has 0 saturated heterocycles. The number of alkyl halides is 3. The second-order valence-corrected chi connectivity index (χ2v) is 7.46. The molecular formula is C19H15F3N6OS. The van der Waals surface area contributed by atoms with Gasteiger partial charge < -0.3 is 4.52 Å². The molecule has 154 valence electrons. The number of aryl methyl sites for hydroxylation is 2. The summed E-state index contributed by atoms with van der Waals surface area (Å²) in [7, 11) is 0. The fourth-order valence-corrected chi connectivity index (χ4v) is 3.41. The first-order valence-corrected chi connectivity index (χ1v) is 9.79. The van der Waals surface area contributed by atoms with E-state index < -0.39 is 11.7 Å². The highest BCUT2D eigenvalue weighted by Crippen LogP contribution is 2.32. The number of rotatable bonds is 5. The molecule has 0 bridgehead atoms. The quantitative estimate of drug-likeness (QED) is 0.425. The van der Waals surface area contributed by atoms with Gasteiger partial charge in [0.05, 0.1) is 17.0 Å². The Balaban J connectivity index is 1.50. The van der Waals surface area contributed by atoms with Gasteiger partial charge >= 0.3 is 6.18 Å². The molecular weight excluding hydrogens is 417 g/mol. The lowest BCUT2D eigenvalue weighted by Gasteiger charge is -2.06. The monoisotopic (exact) mass is 432 g/mol. The maximum absolute atomic E-state index is 12.9. The maximum atomic E-state index is 12.9. The standard InChI is InChI=1S/C19H15F3N6OS/c1-11-6-7-15(8-12(11)2)28-18(24-26-27-28)30-10-16-23-17(25-29-16)13-4-3-5-14(9-13)19(20,21)22/h3-9H,10H2,1-2H3. The normalized spacial score (nSPS) is 11.8. The Labute approximate surface area is 173 Å². The fourth-order valence-electron chi connectivity index (χ4n) is 2.68. The third-order valence-electron chi connectivity index (χ3n) is 4.42. The van der Waals surface area contributed by atoms with E-state index in [0.717, 1.165) is 28.9 Å². The van der Waals surface area contributed by atoms with Gasteiger partial charge in [-0.2, -0.15) is 22.8 Å². The lowest BCUT2D eigenvalue weighted by molar-refractivity contribution is -0.137. The van der Waals surface area contributed by atoms with E-state index in [1.807, 2.05) is 32.0 Å². The molecule has 0 aliphatic heterocycles. The molecule has 11 heteroatoms. The van der Waals surface area contributed by atoms with Gasteiger partial charge in [0.2, 0.25) is 16.9 Å². The molecule has 0 spiro atoms. The Morgan fingerprint density at radius 3 is 2.67 bits per heavy atom. The summed E-state index contributed by atoms with van der Waals surface area (Å²) in [5, 5.41) is 16.1. The first-order valence-electron chi connectivity index (χ1n) is 8.80. The summed E-state index contributed by atoms with van der Waals surface area (Å²) in [6.07, 6.45) is -4.44. The maximum Gasteiger partial charge on any atom is 0.416 e.